The second-order valence-corrected chi connectivity index (χ2v) is 5.20. The number of thiazole rings is 1. The van der Waals surface area contributed by atoms with E-state index in [9.17, 15) is 4.79 Å². The number of hydrogen-bond donors (Lipinski definition) is 2. The first-order valence-corrected chi connectivity index (χ1v) is 6.52. The number of nitrogen functional groups attached to an aromatic ring is 1. The molecule has 0 saturated carbocycles. The quantitative estimate of drug-likeness (QED) is 0.838. The Hall–Kier alpha value is -1.40. The molecule has 0 radical (unpaired) electrons. The zero-order valence-electron chi connectivity index (χ0n) is 9.03. The van der Waals surface area contributed by atoms with E-state index in [4.69, 9.17) is 5.73 Å². The number of carbonyl (C=O) groups is 1. The van der Waals surface area contributed by atoms with Gasteiger partial charge in [0.2, 0.25) is 0 Å². The van der Waals surface area contributed by atoms with Gasteiger partial charge in [-0.1, -0.05) is 0 Å². The highest BCUT2D eigenvalue weighted by atomic mass is 79.9. The lowest BCUT2D eigenvalue weighted by molar-refractivity contribution is 0.102. The van der Waals surface area contributed by atoms with Crippen LogP contribution in [-0.4, -0.2) is 10.9 Å². The van der Waals surface area contributed by atoms with Crippen molar-refractivity contribution in [2.45, 2.75) is 6.92 Å². The lowest BCUT2D eigenvalue weighted by Crippen LogP contribution is -2.11. The Balaban J connectivity index is 2.17. The van der Waals surface area contributed by atoms with Crippen molar-refractivity contribution < 1.29 is 4.79 Å². The third-order valence-electron chi connectivity index (χ3n) is 2.10. The van der Waals surface area contributed by atoms with Crippen LogP contribution in [0.3, 0.4) is 0 Å². The fraction of sp³-hybridized carbons (Fsp3) is 0.0909. The van der Waals surface area contributed by atoms with E-state index in [-0.39, 0.29) is 5.91 Å². The van der Waals surface area contributed by atoms with Gasteiger partial charge >= 0.3 is 0 Å². The molecule has 0 spiro atoms. The minimum atomic E-state index is -0.194. The molecule has 1 amide bonds. The third-order valence-corrected chi connectivity index (χ3v) is 3.66. The molecule has 0 atom stereocenters. The average molecular weight is 312 g/mol. The summed E-state index contributed by atoms with van der Waals surface area (Å²) in [6, 6.07) is 5.05. The highest BCUT2D eigenvalue weighted by Crippen LogP contribution is 2.21. The van der Waals surface area contributed by atoms with Crippen LogP contribution >= 0.6 is 27.3 Å². The van der Waals surface area contributed by atoms with Crippen LogP contribution in [0.4, 0.5) is 10.8 Å². The van der Waals surface area contributed by atoms with Crippen LogP contribution < -0.4 is 11.1 Å². The van der Waals surface area contributed by atoms with E-state index in [0.29, 0.717) is 20.9 Å². The predicted molar refractivity (Wildman–Crippen MR) is 73.4 cm³/mol. The molecule has 0 saturated heterocycles. The summed E-state index contributed by atoms with van der Waals surface area (Å²) >= 11 is 4.69. The van der Waals surface area contributed by atoms with E-state index >= 15 is 0 Å². The summed E-state index contributed by atoms with van der Waals surface area (Å²) in [5.74, 6) is -0.194. The number of halogens is 1. The van der Waals surface area contributed by atoms with Crippen molar-refractivity contribution in [3.05, 3.63) is 39.3 Å². The Morgan fingerprint density at radius 1 is 1.53 bits per heavy atom. The normalized spacial score (nSPS) is 10.2. The number of amides is 1. The van der Waals surface area contributed by atoms with E-state index in [2.05, 4.69) is 26.2 Å². The summed E-state index contributed by atoms with van der Waals surface area (Å²) < 4.78 is 0.709. The van der Waals surface area contributed by atoms with Gasteiger partial charge < -0.3 is 5.73 Å². The molecule has 0 unspecified atom stereocenters. The number of nitrogens with two attached hydrogens (primary N) is 1. The standard InChI is InChI=1S/C11H10BrN3OS/c1-6-5-17-11(14-6)15-10(16)7-2-3-9(13)8(12)4-7/h2-5H,13H2,1H3,(H,14,15,16). The molecule has 88 valence electrons. The lowest BCUT2D eigenvalue weighted by atomic mass is 10.2. The fourth-order valence-corrected chi connectivity index (χ4v) is 2.31. The topological polar surface area (TPSA) is 68.0 Å². The summed E-state index contributed by atoms with van der Waals surface area (Å²) in [4.78, 5) is 16.0. The minimum absolute atomic E-state index is 0.194. The minimum Gasteiger partial charge on any atom is -0.398 e. The second kappa shape index (κ2) is 4.85. The van der Waals surface area contributed by atoms with Crippen LogP contribution in [0.5, 0.6) is 0 Å². The van der Waals surface area contributed by atoms with Crippen LogP contribution in [0.1, 0.15) is 16.1 Å². The third kappa shape index (κ3) is 2.83. The predicted octanol–water partition coefficient (Wildman–Crippen LogP) is 3.05. The van der Waals surface area contributed by atoms with Gasteiger partial charge in [-0.3, -0.25) is 10.1 Å². The van der Waals surface area contributed by atoms with Crippen LogP contribution in [0.25, 0.3) is 0 Å². The first-order chi connectivity index (χ1) is 8.06. The molecule has 0 fully saturated rings. The number of hydrogen-bond acceptors (Lipinski definition) is 4. The van der Waals surface area contributed by atoms with E-state index in [1.807, 2.05) is 12.3 Å². The van der Waals surface area contributed by atoms with Crippen LogP contribution in [0.15, 0.2) is 28.1 Å². The van der Waals surface area contributed by atoms with Crippen LogP contribution in [0, 0.1) is 6.92 Å². The maximum Gasteiger partial charge on any atom is 0.257 e. The molecule has 0 aliphatic heterocycles. The number of carbonyl (C=O) groups excluding carboxylic acids is 1. The summed E-state index contributed by atoms with van der Waals surface area (Å²) in [6.45, 7) is 1.88. The number of aryl methyl sites for hydroxylation is 1. The summed E-state index contributed by atoms with van der Waals surface area (Å²) in [6.07, 6.45) is 0. The smallest absolute Gasteiger partial charge is 0.257 e. The molecular weight excluding hydrogens is 302 g/mol. The largest absolute Gasteiger partial charge is 0.398 e. The molecule has 6 heteroatoms. The zero-order chi connectivity index (χ0) is 12.4. The van der Waals surface area contributed by atoms with Crippen LogP contribution in [-0.2, 0) is 0 Å². The zero-order valence-corrected chi connectivity index (χ0v) is 11.4. The van der Waals surface area contributed by atoms with E-state index in [1.165, 1.54) is 11.3 Å². The molecular formula is C11H10BrN3OS. The number of benzene rings is 1. The Morgan fingerprint density at radius 3 is 2.88 bits per heavy atom. The summed E-state index contributed by atoms with van der Waals surface area (Å²) in [5.41, 5.74) is 7.69. The van der Waals surface area contributed by atoms with Gasteiger partial charge in [0, 0.05) is 21.1 Å². The van der Waals surface area contributed by atoms with Gasteiger partial charge in [-0.15, -0.1) is 11.3 Å². The molecule has 1 aromatic heterocycles. The molecule has 0 aliphatic rings. The fourth-order valence-electron chi connectivity index (χ4n) is 1.25. The van der Waals surface area contributed by atoms with Crippen molar-refractivity contribution >= 4 is 44.0 Å². The Morgan fingerprint density at radius 2 is 2.29 bits per heavy atom. The van der Waals surface area contributed by atoms with E-state index in [0.717, 1.165) is 5.69 Å². The summed E-state index contributed by atoms with van der Waals surface area (Å²) in [7, 11) is 0. The molecule has 2 rings (SSSR count). The van der Waals surface area contributed by atoms with Crippen molar-refractivity contribution in [1.82, 2.24) is 4.98 Å². The molecule has 1 aromatic carbocycles. The van der Waals surface area contributed by atoms with Crippen LogP contribution in [0.2, 0.25) is 0 Å². The molecule has 0 bridgehead atoms. The van der Waals surface area contributed by atoms with Gasteiger partial charge in [0.05, 0.1) is 5.69 Å². The SMILES string of the molecule is Cc1csc(NC(=O)c2ccc(N)c(Br)c2)n1. The van der Waals surface area contributed by atoms with E-state index < -0.39 is 0 Å². The number of rotatable bonds is 2. The first kappa shape index (κ1) is 12.1. The highest BCUT2D eigenvalue weighted by Gasteiger charge is 2.09. The van der Waals surface area contributed by atoms with Crippen molar-refractivity contribution in [1.29, 1.82) is 0 Å². The van der Waals surface area contributed by atoms with Crippen molar-refractivity contribution in [3.8, 4) is 0 Å². The number of aromatic nitrogens is 1. The maximum atomic E-state index is 11.9. The average Bonchev–Trinajstić information content (AvgIpc) is 2.68. The van der Waals surface area contributed by atoms with Gasteiger partial charge in [-0.25, -0.2) is 4.98 Å². The maximum absolute atomic E-state index is 11.9. The molecule has 1 heterocycles. The van der Waals surface area contributed by atoms with E-state index in [1.54, 1.807) is 18.2 Å². The molecule has 3 N–H and O–H groups in total. The summed E-state index contributed by atoms with van der Waals surface area (Å²) in [5, 5.41) is 5.21. The van der Waals surface area contributed by atoms with Gasteiger partial charge in [0.25, 0.3) is 5.91 Å². The Kier molecular flexibility index (Phi) is 3.44. The number of nitrogens with zero attached hydrogens (tertiary/aromatic N) is 1. The lowest BCUT2D eigenvalue weighted by Gasteiger charge is -2.03. The highest BCUT2D eigenvalue weighted by molar-refractivity contribution is 9.10. The Bertz CT molecular complexity index is 568. The molecule has 4 nitrogen and oxygen atoms in total. The van der Waals surface area contributed by atoms with Gasteiger partial charge in [0.15, 0.2) is 5.13 Å². The molecule has 0 aliphatic carbocycles. The Labute approximate surface area is 111 Å². The van der Waals surface area contributed by atoms with Crippen molar-refractivity contribution in [2.24, 2.45) is 0 Å². The van der Waals surface area contributed by atoms with Gasteiger partial charge in [-0.2, -0.15) is 0 Å². The van der Waals surface area contributed by atoms with Crippen molar-refractivity contribution in [2.75, 3.05) is 11.1 Å². The van der Waals surface area contributed by atoms with Gasteiger partial charge in [0.1, 0.15) is 0 Å². The molecule has 2 aromatic rings. The van der Waals surface area contributed by atoms with Crippen molar-refractivity contribution in [3.63, 3.8) is 0 Å². The van der Waals surface area contributed by atoms with Gasteiger partial charge in [-0.05, 0) is 41.1 Å². The number of anilines is 2. The second-order valence-electron chi connectivity index (χ2n) is 3.48. The monoisotopic (exact) mass is 311 g/mol. The number of nitrogens with one attached hydrogen (secondary N) is 1. The molecule has 17 heavy (non-hydrogen) atoms. The first-order valence-electron chi connectivity index (χ1n) is 4.85.